The first-order valence-corrected chi connectivity index (χ1v) is 8.69. The van der Waals surface area contributed by atoms with Crippen molar-refractivity contribution in [3.8, 4) is 5.75 Å². The number of nitrogens with zero attached hydrogens (tertiary/aromatic N) is 1. The summed E-state index contributed by atoms with van der Waals surface area (Å²) in [6.45, 7) is 6.96. The lowest BCUT2D eigenvalue weighted by Gasteiger charge is -2.42. The third-order valence-electron chi connectivity index (χ3n) is 5.09. The van der Waals surface area contributed by atoms with Crippen LogP contribution in [-0.2, 0) is 16.7 Å². The smallest absolute Gasteiger partial charge is 0.410 e. The van der Waals surface area contributed by atoms with Gasteiger partial charge in [0.05, 0.1) is 12.8 Å². The minimum atomic E-state index is -0.487. The van der Waals surface area contributed by atoms with Gasteiger partial charge in [-0.2, -0.15) is 0 Å². The van der Waals surface area contributed by atoms with Crippen molar-refractivity contribution in [2.24, 2.45) is 0 Å². The molecule has 1 saturated carbocycles. The highest BCUT2D eigenvalue weighted by Gasteiger charge is 2.44. The molecule has 24 heavy (non-hydrogen) atoms. The van der Waals surface area contributed by atoms with Crippen LogP contribution in [0.1, 0.15) is 57.6 Å². The van der Waals surface area contributed by atoms with Crippen molar-refractivity contribution in [1.82, 2.24) is 4.90 Å². The van der Waals surface area contributed by atoms with E-state index >= 15 is 0 Å². The van der Waals surface area contributed by atoms with Crippen molar-refractivity contribution in [3.05, 3.63) is 23.3 Å². The van der Waals surface area contributed by atoms with Crippen molar-refractivity contribution in [3.63, 3.8) is 0 Å². The lowest BCUT2D eigenvalue weighted by atomic mass is 9.73. The number of hydrogen-bond acceptors (Lipinski definition) is 4. The van der Waals surface area contributed by atoms with E-state index in [1.807, 2.05) is 31.7 Å². The van der Waals surface area contributed by atoms with Gasteiger partial charge in [0, 0.05) is 18.5 Å². The summed E-state index contributed by atoms with van der Waals surface area (Å²) >= 11 is 0. The minimum absolute atomic E-state index is 0.00484. The summed E-state index contributed by atoms with van der Waals surface area (Å²) in [5, 5.41) is 0. The van der Waals surface area contributed by atoms with Gasteiger partial charge in [-0.25, -0.2) is 4.79 Å². The number of ether oxygens (including phenoxy) is 2. The number of amides is 1. The molecule has 2 N–H and O–H groups in total. The van der Waals surface area contributed by atoms with Gasteiger partial charge in [0.15, 0.2) is 0 Å². The molecule has 1 aliphatic heterocycles. The van der Waals surface area contributed by atoms with Crippen molar-refractivity contribution in [2.75, 3.05) is 19.4 Å². The Morgan fingerprint density at radius 3 is 2.50 bits per heavy atom. The van der Waals surface area contributed by atoms with Crippen LogP contribution in [0.2, 0.25) is 0 Å². The normalized spacial score (nSPS) is 19.2. The van der Waals surface area contributed by atoms with E-state index in [1.165, 1.54) is 18.4 Å². The highest BCUT2D eigenvalue weighted by molar-refractivity contribution is 5.70. The fourth-order valence-corrected chi connectivity index (χ4v) is 4.09. The minimum Gasteiger partial charge on any atom is -0.495 e. The number of fused-ring (bicyclic) bond motifs is 2. The van der Waals surface area contributed by atoms with E-state index in [0.29, 0.717) is 24.5 Å². The molecule has 1 amide bonds. The summed E-state index contributed by atoms with van der Waals surface area (Å²) in [4.78, 5) is 14.5. The average Bonchev–Trinajstić information content (AvgIpc) is 2.94. The Bertz CT molecular complexity index is 643. The molecule has 132 valence electrons. The molecule has 1 spiro atoms. The Labute approximate surface area is 144 Å². The van der Waals surface area contributed by atoms with Crippen LogP contribution in [-0.4, -0.2) is 30.2 Å². The van der Waals surface area contributed by atoms with Gasteiger partial charge in [-0.1, -0.05) is 12.8 Å². The summed E-state index contributed by atoms with van der Waals surface area (Å²) in [5.74, 6) is 0.674. The molecule has 1 aromatic rings. The molecule has 2 aliphatic rings. The first-order valence-electron chi connectivity index (χ1n) is 8.69. The molecule has 3 rings (SSSR count). The SMILES string of the molecule is COc1cc2c(cc1N)C1(CCCC1)CN(C(=O)OC(C)(C)C)C2. The highest BCUT2D eigenvalue weighted by atomic mass is 16.6. The fourth-order valence-electron chi connectivity index (χ4n) is 4.09. The Balaban J connectivity index is 1.98. The number of methoxy groups -OCH3 is 1. The van der Waals surface area contributed by atoms with E-state index in [2.05, 4.69) is 6.07 Å². The standard InChI is InChI=1S/C19H28N2O3/c1-18(2,3)24-17(22)21-11-13-9-16(23-4)15(20)10-14(13)19(12-21)7-5-6-8-19/h9-10H,5-8,11-12,20H2,1-4H3. The largest absolute Gasteiger partial charge is 0.495 e. The second-order valence-electron chi connectivity index (χ2n) is 8.08. The average molecular weight is 332 g/mol. The summed E-state index contributed by atoms with van der Waals surface area (Å²) < 4.78 is 11.0. The van der Waals surface area contributed by atoms with Crippen molar-refractivity contribution in [2.45, 2.75) is 64.0 Å². The van der Waals surface area contributed by atoms with Crippen molar-refractivity contribution >= 4 is 11.8 Å². The van der Waals surface area contributed by atoms with E-state index < -0.39 is 5.60 Å². The van der Waals surface area contributed by atoms with E-state index in [9.17, 15) is 4.79 Å². The predicted octanol–water partition coefficient (Wildman–Crippen LogP) is 3.84. The van der Waals surface area contributed by atoms with Crippen LogP contribution in [0.3, 0.4) is 0 Å². The molecule has 5 nitrogen and oxygen atoms in total. The molecule has 0 saturated heterocycles. The zero-order chi connectivity index (χ0) is 17.5. The van der Waals surface area contributed by atoms with E-state index in [1.54, 1.807) is 7.11 Å². The number of anilines is 1. The predicted molar refractivity (Wildman–Crippen MR) is 94.2 cm³/mol. The Kier molecular flexibility index (Phi) is 4.14. The van der Waals surface area contributed by atoms with Gasteiger partial charge < -0.3 is 20.1 Å². The number of nitrogens with two attached hydrogens (primary N) is 1. The van der Waals surface area contributed by atoms with Gasteiger partial charge in [0.25, 0.3) is 0 Å². The number of rotatable bonds is 1. The van der Waals surface area contributed by atoms with E-state index in [-0.39, 0.29) is 11.5 Å². The Hall–Kier alpha value is -1.91. The van der Waals surface area contributed by atoms with Crippen molar-refractivity contribution in [1.29, 1.82) is 0 Å². The van der Waals surface area contributed by atoms with E-state index in [4.69, 9.17) is 15.2 Å². The van der Waals surface area contributed by atoms with Crippen molar-refractivity contribution < 1.29 is 14.3 Å². The highest BCUT2D eigenvalue weighted by Crippen LogP contribution is 2.48. The monoisotopic (exact) mass is 332 g/mol. The van der Waals surface area contributed by atoms with Crippen LogP contribution in [0.4, 0.5) is 10.5 Å². The summed E-state index contributed by atoms with van der Waals surface area (Å²) in [5.41, 5.74) is 8.76. The third kappa shape index (κ3) is 3.04. The lowest BCUT2D eigenvalue weighted by molar-refractivity contribution is 0.0160. The molecule has 0 unspecified atom stereocenters. The van der Waals surface area contributed by atoms with Gasteiger partial charge in [-0.05, 0) is 56.9 Å². The number of nitrogen functional groups attached to an aromatic ring is 1. The molecule has 1 aliphatic carbocycles. The maximum Gasteiger partial charge on any atom is 0.410 e. The summed E-state index contributed by atoms with van der Waals surface area (Å²) in [7, 11) is 1.62. The second kappa shape index (κ2) is 5.87. The van der Waals surface area contributed by atoms with Crippen LogP contribution in [0.15, 0.2) is 12.1 Å². The van der Waals surface area contributed by atoms with Crippen LogP contribution in [0.25, 0.3) is 0 Å². The zero-order valence-electron chi connectivity index (χ0n) is 15.1. The van der Waals surface area contributed by atoms with Gasteiger partial charge in [-0.15, -0.1) is 0 Å². The molecular formula is C19H28N2O3. The van der Waals surface area contributed by atoms with Crippen LogP contribution < -0.4 is 10.5 Å². The topological polar surface area (TPSA) is 64.8 Å². The Morgan fingerprint density at radius 1 is 1.25 bits per heavy atom. The molecule has 1 aromatic carbocycles. The van der Waals surface area contributed by atoms with Crippen LogP contribution >= 0.6 is 0 Å². The van der Waals surface area contributed by atoms with Gasteiger partial charge in [0.1, 0.15) is 11.4 Å². The maximum absolute atomic E-state index is 12.6. The first kappa shape index (κ1) is 16.9. The Morgan fingerprint density at radius 2 is 1.92 bits per heavy atom. The quantitative estimate of drug-likeness (QED) is 0.794. The molecule has 0 radical (unpaired) electrons. The van der Waals surface area contributed by atoms with Crippen LogP contribution in [0, 0.1) is 0 Å². The van der Waals surface area contributed by atoms with Crippen LogP contribution in [0.5, 0.6) is 5.75 Å². The lowest BCUT2D eigenvalue weighted by Crippen LogP contribution is -2.48. The summed E-state index contributed by atoms with van der Waals surface area (Å²) in [6.07, 6.45) is 4.31. The fraction of sp³-hybridized carbons (Fsp3) is 0.632. The molecule has 0 bridgehead atoms. The molecule has 0 aromatic heterocycles. The zero-order valence-corrected chi connectivity index (χ0v) is 15.1. The van der Waals surface area contributed by atoms with Gasteiger partial charge in [-0.3, -0.25) is 0 Å². The number of carbonyl (C=O) groups excluding carboxylic acids is 1. The number of carbonyl (C=O) groups is 1. The maximum atomic E-state index is 12.6. The molecule has 1 fully saturated rings. The molecular weight excluding hydrogens is 304 g/mol. The number of hydrogen-bond donors (Lipinski definition) is 1. The third-order valence-corrected chi connectivity index (χ3v) is 5.09. The molecule has 0 atom stereocenters. The first-order chi connectivity index (χ1) is 11.2. The molecule has 1 heterocycles. The van der Waals surface area contributed by atoms with E-state index in [0.717, 1.165) is 18.4 Å². The molecule has 5 heteroatoms. The summed E-state index contributed by atoms with van der Waals surface area (Å²) in [6, 6.07) is 4.05. The van der Waals surface area contributed by atoms with Gasteiger partial charge >= 0.3 is 6.09 Å². The van der Waals surface area contributed by atoms with Gasteiger partial charge in [0.2, 0.25) is 0 Å². The second-order valence-corrected chi connectivity index (χ2v) is 8.08. The number of benzene rings is 1.